The molecule has 1 aliphatic heterocycles. The molecule has 0 amide bonds. The second kappa shape index (κ2) is 4.92. The van der Waals surface area contributed by atoms with Crippen molar-refractivity contribution in [2.75, 3.05) is 6.61 Å². The number of hydrogen-bond donors (Lipinski definition) is 3. The molecule has 9 atom stereocenters. The van der Waals surface area contributed by atoms with Crippen molar-refractivity contribution in [3.63, 3.8) is 0 Å². The van der Waals surface area contributed by atoms with Crippen LogP contribution in [0.25, 0.3) is 0 Å². The molecule has 126 valence electrons. The van der Waals surface area contributed by atoms with E-state index in [-0.39, 0.29) is 23.0 Å². The molecule has 3 N–H and O–H groups in total. The van der Waals surface area contributed by atoms with Crippen molar-refractivity contribution in [3.05, 3.63) is 0 Å². The number of hydrogen-bond acceptors (Lipinski definition) is 4. The topological polar surface area (TPSA) is 69.9 Å². The van der Waals surface area contributed by atoms with Gasteiger partial charge in [-0.2, -0.15) is 0 Å². The molecule has 0 bridgehead atoms. The van der Waals surface area contributed by atoms with Crippen LogP contribution in [0.4, 0.5) is 0 Å². The van der Waals surface area contributed by atoms with Gasteiger partial charge in [0.2, 0.25) is 0 Å². The van der Waals surface area contributed by atoms with E-state index in [1.807, 2.05) is 0 Å². The Kier molecular flexibility index (Phi) is 3.44. The van der Waals surface area contributed by atoms with E-state index in [2.05, 4.69) is 13.8 Å². The summed E-state index contributed by atoms with van der Waals surface area (Å²) in [4.78, 5) is 0. The number of fused-ring (bicyclic) bond motifs is 5. The van der Waals surface area contributed by atoms with Gasteiger partial charge in [0.15, 0.2) is 0 Å². The Balaban J connectivity index is 1.63. The molecule has 0 radical (unpaired) electrons. The van der Waals surface area contributed by atoms with E-state index in [4.69, 9.17) is 4.74 Å². The zero-order valence-electron chi connectivity index (χ0n) is 13.7. The van der Waals surface area contributed by atoms with Crippen molar-refractivity contribution >= 4 is 0 Å². The van der Waals surface area contributed by atoms with Gasteiger partial charge in [-0.25, -0.2) is 0 Å². The van der Waals surface area contributed by atoms with Crippen LogP contribution in [0.2, 0.25) is 0 Å². The van der Waals surface area contributed by atoms with Gasteiger partial charge in [0.05, 0.1) is 31.0 Å². The molecule has 0 aromatic carbocycles. The molecule has 0 spiro atoms. The third-order valence-corrected chi connectivity index (χ3v) is 7.87. The van der Waals surface area contributed by atoms with Gasteiger partial charge >= 0.3 is 0 Å². The van der Waals surface area contributed by atoms with E-state index in [1.165, 1.54) is 0 Å². The molecule has 4 rings (SSSR count). The summed E-state index contributed by atoms with van der Waals surface area (Å²) >= 11 is 0. The van der Waals surface area contributed by atoms with Crippen LogP contribution in [0.1, 0.15) is 52.4 Å². The van der Waals surface area contributed by atoms with E-state index in [0.717, 1.165) is 32.1 Å². The van der Waals surface area contributed by atoms with Crippen LogP contribution in [0.15, 0.2) is 0 Å². The molecular weight excluding hydrogens is 280 g/mol. The molecule has 3 aliphatic carbocycles. The normalized spacial score (nSPS) is 61.2. The first-order chi connectivity index (χ1) is 10.4. The highest BCUT2D eigenvalue weighted by Crippen LogP contribution is 2.61. The van der Waals surface area contributed by atoms with Crippen LogP contribution in [0, 0.1) is 28.6 Å². The van der Waals surface area contributed by atoms with Crippen molar-refractivity contribution < 1.29 is 20.1 Å². The highest BCUT2D eigenvalue weighted by Gasteiger charge is 2.63. The third kappa shape index (κ3) is 1.90. The van der Waals surface area contributed by atoms with Crippen LogP contribution >= 0.6 is 0 Å². The summed E-state index contributed by atoms with van der Waals surface area (Å²) in [5.41, 5.74) is -0.139. The molecule has 4 fully saturated rings. The summed E-state index contributed by atoms with van der Waals surface area (Å²) in [6, 6.07) is 0. The summed E-state index contributed by atoms with van der Waals surface area (Å²) in [7, 11) is 0. The lowest BCUT2D eigenvalue weighted by atomic mass is 9.51. The zero-order chi connectivity index (χ0) is 15.7. The van der Waals surface area contributed by atoms with Crippen molar-refractivity contribution in [2.24, 2.45) is 28.6 Å². The number of ether oxygens (including phenoxy) is 1. The average Bonchev–Trinajstić information content (AvgIpc) is 2.72. The van der Waals surface area contributed by atoms with E-state index in [9.17, 15) is 15.3 Å². The third-order valence-electron chi connectivity index (χ3n) is 7.87. The standard InChI is InChI=1S/C18H30O4/c1-17-6-5-11(19)7-10(17)3-4-12-13-8-14(20)15(21)18(13,2)9-22-16(12)17/h10-16,19-21H,3-9H2,1-2H3/t10-,11+,12+,13+,14-,15+,16+,17+,18+/m1/s1. The molecule has 4 heteroatoms. The Morgan fingerprint density at radius 3 is 2.50 bits per heavy atom. The minimum atomic E-state index is -0.655. The highest BCUT2D eigenvalue weighted by molar-refractivity contribution is 5.11. The van der Waals surface area contributed by atoms with Gasteiger partial charge in [-0.3, -0.25) is 0 Å². The van der Waals surface area contributed by atoms with Gasteiger partial charge < -0.3 is 20.1 Å². The van der Waals surface area contributed by atoms with Crippen LogP contribution in [0.5, 0.6) is 0 Å². The second-order valence-corrected chi connectivity index (χ2v) is 8.96. The maximum atomic E-state index is 10.4. The Bertz CT molecular complexity index is 454. The molecule has 0 aromatic heterocycles. The van der Waals surface area contributed by atoms with Crippen molar-refractivity contribution in [1.29, 1.82) is 0 Å². The number of aliphatic hydroxyl groups is 3. The molecule has 3 saturated carbocycles. The van der Waals surface area contributed by atoms with Crippen LogP contribution < -0.4 is 0 Å². The second-order valence-electron chi connectivity index (χ2n) is 8.96. The predicted octanol–water partition coefficient (Wildman–Crippen LogP) is 1.71. The largest absolute Gasteiger partial charge is 0.393 e. The maximum Gasteiger partial charge on any atom is 0.0877 e. The summed E-state index contributed by atoms with van der Waals surface area (Å²) in [5, 5.41) is 30.6. The van der Waals surface area contributed by atoms with E-state index in [0.29, 0.717) is 30.8 Å². The van der Waals surface area contributed by atoms with Gasteiger partial charge in [-0.1, -0.05) is 13.8 Å². The quantitative estimate of drug-likeness (QED) is 0.637. The number of aliphatic hydroxyl groups excluding tert-OH is 3. The first-order valence-electron chi connectivity index (χ1n) is 9.02. The predicted molar refractivity (Wildman–Crippen MR) is 82.1 cm³/mol. The lowest BCUT2D eigenvalue weighted by Gasteiger charge is -2.59. The minimum Gasteiger partial charge on any atom is -0.393 e. The fourth-order valence-electron chi connectivity index (χ4n) is 6.42. The van der Waals surface area contributed by atoms with Crippen LogP contribution in [-0.4, -0.2) is 46.3 Å². The summed E-state index contributed by atoms with van der Waals surface area (Å²) in [6.07, 6.45) is 4.64. The summed E-state index contributed by atoms with van der Waals surface area (Å²) < 4.78 is 6.37. The van der Waals surface area contributed by atoms with Crippen molar-refractivity contribution in [1.82, 2.24) is 0 Å². The van der Waals surface area contributed by atoms with Crippen LogP contribution in [0.3, 0.4) is 0 Å². The Morgan fingerprint density at radius 1 is 0.955 bits per heavy atom. The van der Waals surface area contributed by atoms with Crippen molar-refractivity contribution in [2.45, 2.75) is 76.8 Å². The van der Waals surface area contributed by atoms with E-state index < -0.39 is 12.2 Å². The van der Waals surface area contributed by atoms with Gasteiger partial charge in [0.25, 0.3) is 0 Å². The van der Waals surface area contributed by atoms with Gasteiger partial charge in [0.1, 0.15) is 0 Å². The fraction of sp³-hybridized carbons (Fsp3) is 1.00. The highest BCUT2D eigenvalue weighted by atomic mass is 16.5. The summed E-state index contributed by atoms with van der Waals surface area (Å²) in [5.74, 6) is 1.36. The molecule has 0 aromatic rings. The number of rotatable bonds is 0. The first-order valence-corrected chi connectivity index (χ1v) is 9.02. The lowest BCUT2D eigenvalue weighted by Crippen LogP contribution is -2.60. The lowest BCUT2D eigenvalue weighted by molar-refractivity contribution is -0.226. The molecule has 22 heavy (non-hydrogen) atoms. The maximum absolute atomic E-state index is 10.4. The molecule has 1 saturated heterocycles. The molecule has 4 nitrogen and oxygen atoms in total. The first kappa shape index (κ1) is 15.4. The van der Waals surface area contributed by atoms with Crippen LogP contribution in [-0.2, 0) is 4.74 Å². The molecular formula is C18H30O4. The monoisotopic (exact) mass is 310 g/mol. The Labute approximate surface area is 132 Å². The SMILES string of the molecule is C[C@]12CC[C@H](O)C[C@H]1CC[C@H]1[C@@H]3C[C@@H](O)[C@H](O)[C@@]3(C)CO[C@@H]12. The van der Waals surface area contributed by atoms with E-state index >= 15 is 0 Å². The average molecular weight is 310 g/mol. The van der Waals surface area contributed by atoms with Gasteiger partial charge in [-0.05, 0) is 61.7 Å². The zero-order valence-corrected chi connectivity index (χ0v) is 13.7. The van der Waals surface area contributed by atoms with Gasteiger partial charge in [-0.15, -0.1) is 0 Å². The summed E-state index contributed by atoms with van der Waals surface area (Å²) in [6.45, 7) is 5.00. The smallest absolute Gasteiger partial charge is 0.0877 e. The Hall–Kier alpha value is -0.160. The molecule has 0 unspecified atom stereocenters. The Morgan fingerprint density at radius 2 is 1.73 bits per heavy atom. The van der Waals surface area contributed by atoms with Crippen molar-refractivity contribution in [3.8, 4) is 0 Å². The fourth-order valence-corrected chi connectivity index (χ4v) is 6.42. The van der Waals surface area contributed by atoms with Gasteiger partial charge in [0, 0.05) is 5.41 Å². The minimum absolute atomic E-state index is 0.140. The molecule has 4 aliphatic rings. The molecule has 1 heterocycles. The van der Waals surface area contributed by atoms with E-state index in [1.54, 1.807) is 0 Å².